The smallest absolute Gasteiger partial charge is 0.0715 e. The third kappa shape index (κ3) is 3.26. The average molecular weight is 314 g/mol. The normalized spacial score (nSPS) is 11.0. The fourth-order valence-electron chi connectivity index (χ4n) is 2.55. The van der Waals surface area contributed by atoms with Gasteiger partial charge in [0.25, 0.3) is 0 Å². The second kappa shape index (κ2) is 6.86. The molecule has 0 bridgehead atoms. The van der Waals surface area contributed by atoms with Gasteiger partial charge in [-0.2, -0.15) is 0 Å². The number of hydrogen-bond acceptors (Lipinski definition) is 2. The summed E-state index contributed by atoms with van der Waals surface area (Å²) < 4.78 is 2.13. The first-order valence-corrected chi connectivity index (χ1v) is 7.85. The van der Waals surface area contributed by atoms with Gasteiger partial charge in [-0.1, -0.05) is 41.9 Å². The van der Waals surface area contributed by atoms with Crippen LogP contribution in [0, 0.1) is 0 Å². The molecule has 1 heterocycles. The summed E-state index contributed by atoms with van der Waals surface area (Å²) in [6.45, 7) is 2.59. The Morgan fingerprint density at radius 3 is 2.68 bits per heavy atom. The molecule has 3 rings (SSSR count). The van der Waals surface area contributed by atoms with Crippen LogP contribution in [-0.2, 0) is 13.6 Å². The topological polar surface area (TPSA) is 29.0 Å². The maximum atomic E-state index is 6.47. The number of halogens is 1. The van der Waals surface area contributed by atoms with E-state index in [1.165, 1.54) is 11.1 Å². The van der Waals surface area contributed by atoms with Crippen LogP contribution in [0.1, 0.15) is 5.69 Å². The first kappa shape index (κ1) is 14.9. The minimum absolute atomic E-state index is 0.792. The molecule has 0 saturated carbocycles. The van der Waals surface area contributed by atoms with E-state index in [0.717, 1.165) is 35.7 Å². The molecule has 0 aliphatic carbocycles. The molecule has 3 aromatic rings. The van der Waals surface area contributed by atoms with Gasteiger partial charge in [0.1, 0.15) is 0 Å². The van der Waals surface area contributed by atoms with E-state index in [1.54, 1.807) is 0 Å². The second-order valence-electron chi connectivity index (χ2n) is 5.36. The Balaban J connectivity index is 1.53. The number of nitrogens with zero attached hydrogens (tertiary/aromatic N) is 1. The van der Waals surface area contributed by atoms with Crippen LogP contribution < -0.4 is 10.6 Å². The summed E-state index contributed by atoms with van der Waals surface area (Å²) in [6.07, 6.45) is 2.06. The van der Waals surface area contributed by atoms with Crippen LogP contribution in [0.5, 0.6) is 0 Å². The number of anilines is 1. The molecule has 2 N–H and O–H groups in total. The Kier molecular flexibility index (Phi) is 4.66. The number of rotatable bonds is 6. The maximum Gasteiger partial charge on any atom is 0.0715 e. The lowest BCUT2D eigenvalue weighted by atomic mass is 10.1. The summed E-state index contributed by atoms with van der Waals surface area (Å²) in [5.41, 5.74) is 2.27. The van der Waals surface area contributed by atoms with Crippen LogP contribution in [0.15, 0.2) is 54.7 Å². The Hall–Kier alpha value is -1.97. The SMILES string of the molecule is Cn1cccc1CNCCNc1ccc2ccccc2c1Cl. The van der Waals surface area contributed by atoms with Gasteiger partial charge in [0.15, 0.2) is 0 Å². The summed E-state index contributed by atoms with van der Waals surface area (Å²) in [5, 5.41) is 9.88. The van der Waals surface area contributed by atoms with E-state index in [-0.39, 0.29) is 0 Å². The highest BCUT2D eigenvalue weighted by Gasteiger charge is 2.04. The minimum atomic E-state index is 0.792. The molecular formula is C18H20ClN3. The minimum Gasteiger partial charge on any atom is -0.383 e. The van der Waals surface area contributed by atoms with Gasteiger partial charge in [-0.05, 0) is 23.6 Å². The molecule has 0 aliphatic rings. The fraction of sp³-hybridized carbons (Fsp3) is 0.222. The van der Waals surface area contributed by atoms with Crippen molar-refractivity contribution in [2.24, 2.45) is 7.05 Å². The quantitative estimate of drug-likeness (QED) is 0.673. The number of aryl methyl sites for hydroxylation is 1. The fourth-order valence-corrected chi connectivity index (χ4v) is 2.85. The molecule has 0 amide bonds. The van der Waals surface area contributed by atoms with Gasteiger partial charge < -0.3 is 15.2 Å². The molecule has 0 fully saturated rings. The molecular weight excluding hydrogens is 294 g/mol. The Labute approximate surface area is 135 Å². The van der Waals surface area contributed by atoms with Crippen molar-refractivity contribution in [1.82, 2.24) is 9.88 Å². The maximum absolute atomic E-state index is 6.47. The monoisotopic (exact) mass is 313 g/mol. The Bertz CT molecular complexity index is 764. The number of benzene rings is 2. The highest BCUT2D eigenvalue weighted by atomic mass is 35.5. The Morgan fingerprint density at radius 1 is 1.00 bits per heavy atom. The molecule has 0 saturated heterocycles. The van der Waals surface area contributed by atoms with Crippen molar-refractivity contribution in [2.75, 3.05) is 18.4 Å². The number of aromatic nitrogens is 1. The molecule has 114 valence electrons. The average Bonchev–Trinajstić information content (AvgIpc) is 2.94. The van der Waals surface area contributed by atoms with Crippen molar-refractivity contribution >= 4 is 28.1 Å². The summed E-state index contributed by atoms with van der Waals surface area (Å²) in [5.74, 6) is 0. The summed E-state index contributed by atoms with van der Waals surface area (Å²) in [7, 11) is 2.06. The molecule has 22 heavy (non-hydrogen) atoms. The number of nitrogens with one attached hydrogen (secondary N) is 2. The van der Waals surface area contributed by atoms with Crippen molar-refractivity contribution in [3.63, 3.8) is 0 Å². The molecule has 3 nitrogen and oxygen atoms in total. The van der Waals surface area contributed by atoms with Gasteiger partial charge in [-0.15, -0.1) is 0 Å². The molecule has 4 heteroatoms. The molecule has 0 aliphatic heterocycles. The summed E-state index contributed by atoms with van der Waals surface area (Å²) >= 11 is 6.47. The lowest BCUT2D eigenvalue weighted by Crippen LogP contribution is -2.22. The van der Waals surface area contributed by atoms with Crippen LogP contribution in [-0.4, -0.2) is 17.7 Å². The van der Waals surface area contributed by atoms with E-state index in [0.29, 0.717) is 0 Å². The van der Waals surface area contributed by atoms with Crippen LogP contribution in [0.2, 0.25) is 5.02 Å². The first-order chi connectivity index (χ1) is 10.8. The van der Waals surface area contributed by atoms with Crippen LogP contribution >= 0.6 is 11.6 Å². The van der Waals surface area contributed by atoms with E-state index in [1.807, 2.05) is 18.2 Å². The lowest BCUT2D eigenvalue weighted by molar-refractivity contribution is 0.667. The van der Waals surface area contributed by atoms with Gasteiger partial charge in [0.2, 0.25) is 0 Å². The van der Waals surface area contributed by atoms with E-state index >= 15 is 0 Å². The molecule has 2 aromatic carbocycles. The van der Waals surface area contributed by atoms with Gasteiger partial charge in [-0.3, -0.25) is 0 Å². The van der Waals surface area contributed by atoms with E-state index in [2.05, 4.69) is 58.8 Å². The number of fused-ring (bicyclic) bond motifs is 1. The third-order valence-corrected chi connectivity index (χ3v) is 4.25. The Morgan fingerprint density at radius 2 is 1.86 bits per heavy atom. The first-order valence-electron chi connectivity index (χ1n) is 7.48. The largest absolute Gasteiger partial charge is 0.383 e. The highest BCUT2D eigenvalue weighted by Crippen LogP contribution is 2.30. The van der Waals surface area contributed by atoms with Gasteiger partial charge in [0, 0.05) is 44.0 Å². The molecule has 0 spiro atoms. The summed E-state index contributed by atoms with van der Waals surface area (Å²) in [4.78, 5) is 0. The predicted molar refractivity (Wildman–Crippen MR) is 94.6 cm³/mol. The molecule has 0 unspecified atom stereocenters. The standard InChI is InChI=1S/C18H20ClN3/c1-22-12-4-6-15(22)13-20-10-11-21-17-9-8-14-5-2-3-7-16(14)18(17)19/h2-9,12,20-21H,10-11,13H2,1H3. The van der Waals surface area contributed by atoms with Gasteiger partial charge in [0.05, 0.1) is 10.7 Å². The summed E-state index contributed by atoms with van der Waals surface area (Å²) in [6, 6.07) is 16.5. The van der Waals surface area contributed by atoms with Crippen molar-refractivity contribution in [3.05, 3.63) is 65.4 Å². The van der Waals surface area contributed by atoms with E-state index in [4.69, 9.17) is 11.6 Å². The van der Waals surface area contributed by atoms with Crippen molar-refractivity contribution in [1.29, 1.82) is 0 Å². The van der Waals surface area contributed by atoms with Gasteiger partial charge >= 0.3 is 0 Å². The zero-order chi connectivity index (χ0) is 15.4. The van der Waals surface area contributed by atoms with E-state index < -0.39 is 0 Å². The molecule has 0 radical (unpaired) electrons. The highest BCUT2D eigenvalue weighted by molar-refractivity contribution is 6.38. The lowest BCUT2D eigenvalue weighted by Gasteiger charge is -2.11. The third-order valence-electron chi connectivity index (χ3n) is 3.84. The molecule has 0 atom stereocenters. The van der Waals surface area contributed by atoms with Crippen LogP contribution in [0.3, 0.4) is 0 Å². The number of hydrogen-bond donors (Lipinski definition) is 2. The van der Waals surface area contributed by atoms with E-state index in [9.17, 15) is 0 Å². The second-order valence-corrected chi connectivity index (χ2v) is 5.74. The molecule has 1 aromatic heterocycles. The van der Waals surface area contributed by atoms with Crippen molar-refractivity contribution in [3.8, 4) is 0 Å². The van der Waals surface area contributed by atoms with Crippen LogP contribution in [0.25, 0.3) is 10.8 Å². The van der Waals surface area contributed by atoms with Crippen molar-refractivity contribution in [2.45, 2.75) is 6.54 Å². The van der Waals surface area contributed by atoms with Crippen molar-refractivity contribution < 1.29 is 0 Å². The zero-order valence-electron chi connectivity index (χ0n) is 12.6. The van der Waals surface area contributed by atoms with Crippen LogP contribution in [0.4, 0.5) is 5.69 Å². The van der Waals surface area contributed by atoms with Gasteiger partial charge in [-0.25, -0.2) is 0 Å². The zero-order valence-corrected chi connectivity index (χ0v) is 13.4. The predicted octanol–water partition coefficient (Wildman–Crippen LogP) is 4.03.